The van der Waals surface area contributed by atoms with Gasteiger partial charge in [0.1, 0.15) is 18.2 Å². The van der Waals surface area contributed by atoms with E-state index in [4.69, 9.17) is 9.47 Å². The topological polar surface area (TPSA) is 57.1 Å². The number of fused-ring (bicyclic) bond motifs is 1. The summed E-state index contributed by atoms with van der Waals surface area (Å²) in [4.78, 5) is 13.3. The van der Waals surface area contributed by atoms with E-state index in [0.717, 1.165) is 5.56 Å². The number of hydrogen-bond donors (Lipinski definition) is 0. The Balaban J connectivity index is 2.04. The fraction of sp³-hybridized carbons (Fsp3) is 0.235. The van der Waals surface area contributed by atoms with E-state index in [1.54, 1.807) is 26.2 Å². The molecule has 0 radical (unpaired) electrons. The third-order valence-corrected chi connectivity index (χ3v) is 3.29. The minimum absolute atomic E-state index is 0.280. The Morgan fingerprint density at radius 2 is 1.74 bits per heavy atom. The van der Waals surface area contributed by atoms with Crippen molar-refractivity contribution < 1.29 is 13.9 Å². The van der Waals surface area contributed by atoms with E-state index in [-0.39, 0.29) is 5.82 Å². The van der Waals surface area contributed by atoms with Gasteiger partial charge in [-0.1, -0.05) is 0 Å². The van der Waals surface area contributed by atoms with Crippen molar-refractivity contribution in [3.8, 4) is 17.1 Å². The van der Waals surface area contributed by atoms with Crippen LogP contribution in [0.1, 0.15) is 5.82 Å². The maximum Gasteiger partial charge on any atom is 0.244 e. The van der Waals surface area contributed by atoms with Crippen LogP contribution >= 0.6 is 0 Å². The van der Waals surface area contributed by atoms with Gasteiger partial charge in [-0.25, -0.2) is 14.4 Å². The first-order chi connectivity index (χ1) is 11.2. The molecule has 0 unspecified atom stereocenters. The number of hydrogen-bond acceptors (Lipinski definition) is 5. The van der Waals surface area contributed by atoms with Gasteiger partial charge >= 0.3 is 0 Å². The van der Waals surface area contributed by atoms with Crippen molar-refractivity contribution in [1.82, 2.24) is 15.0 Å². The Morgan fingerprint density at radius 1 is 0.957 bits per heavy atom. The molecule has 0 amide bonds. The van der Waals surface area contributed by atoms with Crippen LogP contribution in [-0.2, 0) is 4.74 Å². The molecule has 0 aliphatic carbocycles. The summed E-state index contributed by atoms with van der Waals surface area (Å²) in [6, 6.07) is 9.89. The number of nitrogens with zero attached hydrogens (tertiary/aromatic N) is 3. The van der Waals surface area contributed by atoms with Gasteiger partial charge in [-0.3, -0.25) is 0 Å². The third kappa shape index (κ3) is 3.43. The zero-order valence-corrected chi connectivity index (χ0v) is 12.9. The average Bonchev–Trinajstić information content (AvgIpc) is 2.55. The number of methoxy groups -OCH3 is 1. The van der Waals surface area contributed by atoms with Gasteiger partial charge < -0.3 is 9.47 Å². The van der Waals surface area contributed by atoms with Crippen LogP contribution in [-0.4, -0.2) is 35.3 Å². The van der Waals surface area contributed by atoms with Crippen LogP contribution in [0, 0.1) is 12.7 Å². The summed E-state index contributed by atoms with van der Waals surface area (Å²) in [5.41, 5.74) is 2.81. The highest BCUT2D eigenvalue weighted by molar-refractivity contribution is 5.82. The van der Waals surface area contributed by atoms with Gasteiger partial charge in [0.2, 0.25) is 5.88 Å². The van der Waals surface area contributed by atoms with E-state index >= 15 is 0 Å². The number of aryl methyl sites for hydroxylation is 1. The van der Waals surface area contributed by atoms with Crippen molar-refractivity contribution in [2.45, 2.75) is 6.92 Å². The average molecular weight is 313 g/mol. The third-order valence-electron chi connectivity index (χ3n) is 3.29. The van der Waals surface area contributed by atoms with E-state index in [1.807, 2.05) is 12.1 Å². The fourth-order valence-electron chi connectivity index (χ4n) is 2.20. The summed E-state index contributed by atoms with van der Waals surface area (Å²) < 4.78 is 23.7. The first-order valence-corrected chi connectivity index (χ1v) is 7.20. The second-order valence-corrected chi connectivity index (χ2v) is 4.99. The molecule has 0 aliphatic heterocycles. The molecule has 2 heterocycles. The molecule has 0 aliphatic rings. The molecule has 1 aromatic carbocycles. The second-order valence-electron chi connectivity index (χ2n) is 4.99. The lowest BCUT2D eigenvalue weighted by Crippen LogP contribution is -2.07. The highest BCUT2D eigenvalue weighted by Gasteiger charge is 2.11. The molecule has 0 saturated heterocycles. The molecule has 2 aromatic heterocycles. The number of aromatic nitrogens is 3. The molecule has 0 fully saturated rings. The lowest BCUT2D eigenvalue weighted by Gasteiger charge is -2.09. The predicted octanol–water partition coefficient (Wildman–Crippen LogP) is 3.16. The number of pyridine rings is 1. The molecule has 0 bridgehead atoms. The highest BCUT2D eigenvalue weighted by atomic mass is 19.1. The van der Waals surface area contributed by atoms with Crippen molar-refractivity contribution >= 4 is 11.0 Å². The Hall–Kier alpha value is -2.60. The van der Waals surface area contributed by atoms with Gasteiger partial charge in [0.25, 0.3) is 0 Å². The van der Waals surface area contributed by atoms with Gasteiger partial charge in [0.15, 0.2) is 5.52 Å². The molecular formula is C17H16FN3O2. The lowest BCUT2D eigenvalue weighted by molar-refractivity contribution is 0.144. The highest BCUT2D eigenvalue weighted by Crippen LogP contribution is 2.25. The number of ether oxygens (including phenoxy) is 2. The summed E-state index contributed by atoms with van der Waals surface area (Å²) in [5, 5.41) is 0. The predicted molar refractivity (Wildman–Crippen MR) is 84.8 cm³/mol. The van der Waals surface area contributed by atoms with Crippen molar-refractivity contribution in [3.63, 3.8) is 0 Å². The molecule has 5 nitrogen and oxygen atoms in total. The maximum absolute atomic E-state index is 13.1. The molecule has 23 heavy (non-hydrogen) atoms. The lowest BCUT2D eigenvalue weighted by atomic mass is 10.1. The Kier molecular flexibility index (Phi) is 4.43. The van der Waals surface area contributed by atoms with Crippen molar-refractivity contribution in [2.75, 3.05) is 20.3 Å². The standard InChI is InChI=1S/C17H16FN3O2/c1-11-19-15-8-7-14(12-3-5-13(18)6-4-12)21-16(15)17(20-11)23-10-9-22-2/h3-8H,9-10H2,1-2H3. The van der Waals surface area contributed by atoms with Gasteiger partial charge in [-0.2, -0.15) is 4.98 Å². The van der Waals surface area contributed by atoms with Gasteiger partial charge in [0, 0.05) is 12.7 Å². The smallest absolute Gasteiger partial charge is 0.244 e. The molecule has 0 atom stereocenters. The van der Waals surface area contributed by atoms with Crippen molar-refractivity contribution in [1.29, 1.82) is 0 Å². The molecule has 118 valence electrons. The molecule has 0 spiro atoms. The maximum atomic E-state index is 13.1. The normalized spacial score (nSPS) is 10.9. The van der Waals surface area contributed by atoms with E-state index in [9.17, 15) is 4.39 Å². The quantitative estimate of drug-likeness (QED) is 0.677. The first-order valence-electron chi connectivity index (χ1n) is 7.20. The summed E-state index contributed by atoms with van der Waals surface area (Å²) in [6.07, 6.45) is 0. The van der Waals surface area contributed by atoms with Gasteiger partial charge in [-0.05, 0) is 43.3 Å². The summed E-state index contributed by atoms with van der Waals surface area (Å²) in [6.45, 7) is 2.64. The Labute approximate surface area is 133 Å². The van der Waals surface area contributed by atoms with Crippen molar-refractivity contribution in [2.24, 2.45) is 0 Å². The van der Waals surface area contributed by atoms with E-state index in [2.05, 4.69) is 15.0 Å². The van der Waals surface area contributed by atoms with Crippen LogP contribution in [0.4, 0.5) is 4.39 Å². The first kappa shape index (κ1) is 15.3. The van der Waals surface area contributed by atoms with Crippen molar-refractivity contribution in [3.05, 3.63) is 48.0 Å². The van der Waals surface area contributed by atoms with Gasteiger partial charge in [-0.15, -0.1) is 0 Å². The summed E-state index contributed by atoms with van der Waals surface area (Å²) in [7, 11) is 1.61. The zero-order chi connectivity index (χ0) is 16.2. The largest absolute Gasteiger partial charge is 0.474 e. The van der Waals surface area contributed by atoms with Crippen LogP contribution in [0.2, 0.25) is 0 Å². The van der Waals surface area contributed by atoms with Crippen LogP contribution in [0.25, 0.3) is 22.3 Å². The minimum Gasteiger partial charge on any atom is -0.474 e. The SMILES string of the molecule is COCCOc1nc(C)nc2ccc(-c3ccc(F)cc3)nc12. The van der Waals surface area contributed by atoms with E-state index < -0.39 is 0 Å². The number of benzene rings is 1. The Morgan fingerprint density at radius 3 is 2.48 bits per heavy atom. The number of halogens is 1. The molecular weight excluding hydrogens is 297 g/mol. The van der Waals surface area contributed by atoms with Crippen LogP contribution in [0.3, 0.4) is 0 Å². The molecule has 6 heteroatoms. The van der Waals surface area contributed by atoms with Crippen LogP contribution in [0.5, 0.6) is 5.88 Å². The minimum atomic E-state index is -0.280. The summed E-state index contributed by atoms with van der Waals surface area (Å²) in [5.74, 6) is 0.756. The molecule has 3 aromatic rings. The molecule has 3 rings (SSSR count). The summed E-state index contributed by atoms with van der Waals surface area (Å²) >= 11 is 0. The van der Waals surface area contributed by atoms with Crippen LogP contribution in [0.15, 0.2) is 36.4 Å². The molecule has 0 saturated carbocycles. The number of rotatable bonds is 5. The van der Waals surface area contributed by atoms with Gasteiger partial charge in [0.05, 0.1) is 17.8 Å². The van der Waals surface area contributed by atoms with E-state index in [1.165, 1.54) is 12.1 Å². The zero-order valence-electron chi connectivity index (χ0n) is 12.9. The monoisotopic (exact) mass is 313 g/mol. The fourth-order valence-corrected chi connectivity index (χ4v) is 2.20. The Bertz CT molecular complexity index is 822. The molecule has 0 N–H and O–H groups in total. The van der Waals surface area contributed by atoms with E-state index in [0.29, 0.717) is 41.6 Å². The second kappa shape index (κ2) is 6.66. The van der Waals surface area contributed by atoms with Crippen LogP contribution < -0.4 is 4.74 Å².